The van der Waals surface area contributed by atoms with Crippen molar-refractivity contribution < 1.29 is 0 Å². The first kappa shape index (κ1) is 14.5. The van der Waals surface area contributed by atoms with Crippen molar-refractivity contribution in [2.45, 2.75) is 32.5 Å². The number of hydrogen-bond acceptors (Lipinski definition) is 0. The van der Waals surface area contributed by atoms with Gasteiger partial charge in [0.25, 0.3) is 0 Å². The van der Waals surface area contributed by atoms with E-state index in [2.05, 4.69) is 71.6 Å². The van der Waals surface area contributed by atoms with Crippen LogP contribution in [0.15, 0.2) is 48.5 Å². The fraction of sp³-hybridized carbons (Fsp3) is 0.333. The SMILES string of the molecule is [CH3][Ge]([CH3])[CH]1c2ccccc2[CH]([Ge]([CH3])[CH3])c2ccccc21. The predicted octanol–water partition coefficient (Wildman–Crippen LogP) is 4.85. The fourth-order valence-electron chi connectivity index (χ4n) is 3.65. The molecule has 3 rings (SSSR count). The normalized spacial score (nSPS) is 20.9. The molecule has 0 saturated heterocycles. The van der Waals surface area contributed by atoms with Crippen molar-refractivity contribution in [2.24, 2.45) is 0 Å². The minimum atomic E-state index is -1.05. The molecule has 1 aliphatic carbocycles. The maximum atomic E-state index is 2.52. The topological polar surface area (TPSA) is 0 Å². The van der Waals surface area contributed by atoms with E-state index < -0.39 is 28.7 Å². The fourth-order valence-corrected chi connectivity index (χ4v) is 11.1. The van der Waals surface area contributed by atoms with E-state index in [1.807, 2.05) is 0 Å². The van der Waals surface area contributed by atoms with Crippen molar-refractivity contribution in [1.29, 1.82) is 0 Å². The van der Waals surface area contributed by atoms with Crippen LogP contribution in [-0.4, -0.2) is 28.7 Å². The number of fused-ring (bicyclic) bond motifs is 2. The Kier molecular flexibility index (Phi) is 4.14. The van der Waals surface area contributed by atoms with E-state index >= 15 is 0 Å². The van der Waals surface area contributed by atoms with Gasteiger partial charge >= 0.3 is 132 Å². The van der Waals surface area contributed by atoms with Gasteiger partial charge in [-0.05, 0) is 0 Å². The van der Waals surface area contributed by atoms with Gasteiger partial charge in [0.1, 0.15) is 0 Å². The molecule has 102 valence electrons. The summed E-state index contributed by atoms with van der Waals surface area (Å²) in [6, 6.07) is 18.6. The quantitative estimate of drug-likeness (QED) is 0.650. The molecule has 2 aromatic rings. The van der Waals surface area contributed by atoms with Crippen LogP contribution in [0.3, 0.4) is 0 Å². The molecule has 20 heavy (non-hydrogen) atoms. The van der Waals surface area contributed by atoms with Crippen LogP contribution in [0.25, 0.3) is 0 Å². The van der Waals surface area contributed by atoms with Crippen molar-refractivity contribution >= 4 is 28.7 Å². The van der Waals surface area contributed by atoms with Crippen molar-refractivity contribution in [3.63, 3.8) is 0 Å². The molecule has 1 aliphatic rings. The van der Waals surface area contributed by atoms with Crippen LogP contribution >= 0.6 is 0 Å². The molecular weight excluding hydrogens is 361 g/mol. The third-order valence-electron chi connectivity index (χ3n) is 4.39. The van der Waals surface area contributed by atoms with Gasteiger partial charge in [-0.25, -0.2) is 0 Å². The molecule has 2 aromatic carbocycles. The van der Waals surface area contributed by atoms with Gasteiger partial charge in [0.2, 0.25) is 0 Å². The van der Waals surface area contributed by atoms with Crippen LogP contribution in [0.1, 0.15) is 31.8 Å². The molecule has 0 aliphatic heterocycles. The molecule has 2 radical (unpaired) electrons. The number of rotatable bonds is 2. The van der Waals surface area contributed by atoms with Gasteiger partial charge in [-0.3, -0.25) is 0 Å². The molecule has 0 fully saturated rings. The first-order valence-corrected chi connectivity index (χ1v) is 18.2. The van der Waals surface area contributed by atoms with Crippen LogP contribution in [0.5, 0.6) is 0 Å². The van der Waals surface area contributed by atoms with Gasteiger partial charge in [-0.15, -0.1) is 0 Å². The molecular formula is C18H22Ge2. The Morgan fingerprint density at radius 2 is 0.800 bits per heavy atom. The Bertz CT molecular complexity index is 515. The van der Waals surface area contributed by atoms with Gasteiger partial charge in [-0.2, -0.15) is 0 Å². The Balaban J connectivity index is 2.28. The van der Waals surface area contributed by atoms with Gasteiger partial charge in [0, 0.05) is 0 Å². The van der Waals surface area contributed by atoms with E-state index in [9.17, 15) is 0 Å². The third-order valence-corrected chi connectivity index (χ3v) is 11.8. The van der Waals surface area contributed by atoms with Crippen LogP contribution in [0.4, 0.5) is 0 Å². The Morgan fingerprint density at radius 1 is 0.550 bits per heavy atom. The summed E-state index contributed by atoms with van der Waals surface area (Å²) in [4.78, 5) is 0. The summed E-state index contributed by atoms with van der Waals surface area (Å²) < 4.78 is 1.47. The van der Waals surface area contributed by atoms with E-state index in [1.54, 1.807) is 22.3 Å². The first-order valence-electron chi connectivity index (χ1n) is 7.39. The Labute approximate surface area is 131 Å². The van der Waals surface area contributed by atoms with Gasteiger partial charge in [0.05, 0.1) is 0 Å². The van der Waals surface area contributed by atoms with Crippen LogP contribution in [0, 0.1) is 0 Å². The maximum absolute atomic E-state index is 2.52. The Hall–Kier alpha value is -0.474. The van der Waals surface area contributed by atoms with Gasteiger partial charge < -0.3 is 0 Å². The predicted molar refractivity (Wildman–Crippen MR) is 91.5 cm³/mol. The summed E-state index contributed by atoms with van der Waals surface area (Å²) in [5, 5.41) is 0. The zero-order valence-electron chi connectivity index (χ0n) is 12.8. The van der Waals surface area contributed by atoms with E-state index in [0.717, 1.165) is 9.50 Å². The van der Waals surface area contributed by atoms with Crippen molar-refractivity contribution in [1.82, 2.24) is 0 Å². The monoisotopic (exact) mass is 386 g/mol. The van der Waals surface area contributed by atoms with Gasteiger partial charge in [-0.1, -0.05) is 0 Å². The molecule has 0 heterocycles. The first-order chi connectivity index (χ1) is 9.61. The number of hydrogen-bond donors (Lipinski definition) is 0. The number of benzene rings is 2. The van der Waals surface area contributed by atoms with Gasteiger partial charge in [0.15, 0.2) is 0 Å². The van der Waals surface area contributed by atoms with E-state index in [4.69, 9.17) is 0 Å². The summed E-state index contributed by atoms with van der Waals surface area (Å²) >= 11 is -2.10. The van der Waals surface area contributed by atoms with E-state index in [1.165, 1.54) is 0 Å². The minimum absolute atomic E-state index is 0.733. The average Bonchev–Trinajstić information content (AvgIpc) is 2.43. The molecule has 0 bridgehead atoms. The zero-order chi connectivity index (χ0) is 14.3. The van der Waals surface area contributed by atoms with Crippen LogP contribution in [0.2, 0.25) is 23.0 Å². The molecule has 0 saturated carbocycles. The average molecular weight is 384 g/mol. The summed E-state index contributed by atoms with van der Waals surface area (Å²) in [5.41, 5.74) is 6.63. The zero-order valence-corrected chi connectivity index (χ0v) is 17.0. The summed E-state index contributed by atoms with van der Waals surface area (Å²) in [5.74, 6) is 10.1. The molecule has 0 amide bonds. The molecule has 0 nitrogen and oxygen atoms in total. The molecule has 2 heteroatoms. The standard InChI is InChI=1S/C18H22Ge2/c1-19(2)17-13-9-5-7-11-15(13)18(20(3)4)16-12-8-6-10-14(16)17/h5-12,17-18H,1-4H3. The molecule has 0 N–H and O–H groups in total. The van der Waals surface area contributed by atoms with Crippen molar-refractivity contribution in [3.05, 3.63) is 70.8 Å². The second-order valence-corrected chi connectivity index (χ2v) is 17.7. The van der Waals surface area contributed by atoms with Crippen LogP contribution in [-0.2, 0) is 0 Å². The molecule has 0 spiro atoms. The molecule has 0 unspecified atom stereocenters. The Morgan fingerprint density at radius 3 is 1.00 bits per heavy atom. The van der Waals surface area contributed by atoms with Crippen LogP contribution < -0.4 is 0 Å². The van der Waals surface area contributed by atoms with E-state index in [-0.39, 0.29) is 0 Å². The third kappa shape index (κ3) is 2.31. The second-order valence-electron chi connectivity index (χ2n) is 6.28. The summed E-state index contributed by atoms with van der Waals surface area (Å²) in [7, 11) is 0. The van der Waals surface area contributed by atoms with Crippen molar-refractivity contribution in [3.8, 4) is 0 Å². The molecule has 0 aromatic heterocycles. The molecule has 0 atom stereocenters. The van der Waals surface area contributed by atoms with Crippen molar-refractivity contribution in [2.75, 3.05) is 0 Å². The second kappa shape index (κ2) is 5.73. The van der Waals surface area contributed by atoms with E-state index in [0.29, 0.717) is 0 Å². The summed E-state index contributed by atoms with van der Waals surface area (Å²) in [6.07, 6.45) is 0. The summed E-state index contributed by atoms with van der Waals surface area (Å²) in [6.45, 7) is 0.